The van der Waals surface area contributed by atoms with E-state index in [9.17, 15) is 9.59 Å². The summed E-state index contributed by atoms with van der Waals surface area (Å²) < 4.78 is 6.98. The number of anilines is 1. The van der Waals surface area contributed by atoms with Crippen LogP contribution in [0.5, 0.6) is 0 Å². The molecule has 0 spiro atoms. The first kappa shape index (κ1) is 20.5. The van der Waals surface area contributed by atoms with Gasteiger partial charge in [0, 0.05) is 41.2 Å². The van der Waals surface area contributed by atoms with Crippen LogP contribution in [0, 0.1) is 6.92 Å². The predicted molar refractivity (Wildman–Crippen MR) is 118 cm³/mol. The van der Waals surface area contributed by atoms with Crippen LogP contribution in [0.1, 0.15) is 31.4 Å². The Morgan fingerprint density at radius 1 is 1.17 bits per heavy atom. The number of carbonyl (C=O) groups excluding carboxylic acids is 2. The lowest BCUT2D eigenvalue weighted by Crippen LogP contribution is -2.34. The van der Waals surface area contributed by atoms with Gasteiger partial charge in [-0.1, -0.05) is 36.2 Å². The molecule has 1 aromatic carbocycles. The first-order chi connectivity index (χ1) is 14.6. The van der Waals surface area contributed by atoms with E-state index in [0.29, 0.717) is 18.1 Å². The van der Waals surface area contributed by atoms with Crippen LogP contribution in [0.15, 0.2) is 45.9 Å². The van der Waals surface area contributed by atoms with Gasteiger partial charge in [-0.3, -0.25) is 9.59 Å². The Bertz CT molecular complexity index is 1030. The van der Waals surface area contributed by atoms with Gasteiger partial charge in [-0.2, -0.15) is 0 Å². The maximum Gasteiger partial charge on any atom is 0.242 e. The van der Waals surface area contributed by atoms with Crippen molar-refractivity contribution in [2.24, 2.45) is 0 Å². The van der Waals surface area contributed by atoms with Gasteiger partial charge in [0.15, 0.2) is 5.82 Å². The highest BCUT2D eigenvalue weighted by Crippen LogP contribution is 2.30. The highest BCUT2D eigenvalue weighted by atomic mass is 32.2. The molecule has 158 valence electrons. The van der Waals surface area contributed by atoms with Crippen LogP contribution < -0.4 is 5.32 Å². The number of amides is 2. The Morgan fingerprint density at radius 2 is 1.93 bits per heavy atom. The van der Waals surface area contributed by atoms with Crippen LogP contribution in [0.3, 0.4) is 0 Å². The van der Waals surface area contributed by atoms with Gasteiger partial charge in [-0.15, -0.1) is 11.8 Å². The molecule has 1 N–H and O–H groups in total. The summed E-state index contributed by atoms with van der Waals surface area (Å²) in [6.45, 7) is 3.80. The summed E-state index contributed by atoms with van der Waals surface area (Å²) in [6, 6.07) is 9.69. The Morgan fingerprint density at radius 3 is 2.67 bits per heavy atom. The van der Waals surface area contributed by atoms with Gasteiger partial charge in [0.25, 0.3) is 0 Å². The highest BCUT2D eigenvalue weighted by molar-refractivity contribution is 8.00. The van der Waals surface area contributed by atoms with Gasteiger partial charge in [-0.25, -0.2) is 0 Å². The number of benzene rings is 1. The number of carbonyl (C=O) groups is 2. The van der Waals surface area contributed by atoms with Crippen LogP contribution >= 0.6 is 11.8 Å². The summed E-state index contributed by atoms with van der Waals surface area (Å²) in [5, 5.41) is 7.57. The van der Waals surface area contributed by atoms with Crippen LogP contribution in [0.2, 0.25) is 0 Å². The number of fused-ring (bicyclic) bond motifs is 1. The molecule has 3 heterocycles. The van der Waals surface area contributed by atoms with E-state index in [1.807, 2.05) is 39.9 Å². The monoisotopic (exact) mass is 426 g/mol. The first-order valence-electron chi connectivity index (χ1n) is 10.3. The van der Waals surface area contributed by atoms with E-state index in [2.05, 4.69) is 10.5 Å². The quantitative estimate of drug-likeness (QED) is 0.601. The molecule has 4 rings (SSSR count). The molecule has 0 saturated carbocycles. The fourth-order valence-corrected chi connectivity index (χ4v) is 4.66. The van der Waals surface area contributed by atoms with Crippen molar-refractivity contribution in [1.29, 1.82) is 0 Å². The molecule has 2 amide bonds. The lowest BCUT2D eigenvalue weighted by atomic mass is 10.2. The number of aromatic nitrogens is 2. The SMILES string of the molecule is Cc1cc(NC(=O)CSc2cn(CC(=O)N3CCCCCC3)c3ccccc23)no1. The van der Waals surface area contributed by atoms with E-state index in [4.69, 9.17) is 4.52 Å². The number of nitrogens with one attached hydrogen (secondary N) is 1. The largest absolute Gasteiger partial charge is 0.360 e. The molecule has 1 aliphatic rings. The molecule has 1 fully saturated rings. The summed E-state index contributed by atoms with van der Waals surface area (Å²) in [7, 11) is 0. The summed E-state index contributed by atoms with van der Waals surface area (Å²) in [4.78, 5) is 28.1. The Labute approximate surface area is 179 Å². The van der Waals surface area contributed by atoms with Gasteiger partial charge < -0.3 is 19.3 Å². The molecule has 0 unspecified atom stereocenters. The molecule has 2 aromatic heterocycles. The summed E-state index contributed by atoms with van der Waals surface area (Å²) in [6.07, 6.45) is 6.55. The van der Waals surface area contributed by atoms with Gasteiger partial charge in [-0.05, 0) is 25.8 Å². The van der Waals surface area contributed by atoms with Crippen molar-refractivity contribution >= 4 is 40.3 Å². The number of rotatable bonds is 6. The second-order valence-electron chi connectivity index (χ2n) is 7.59. The zero-order chi connectivity index (χ0) is 20.9. The number of likely N-dealkylation sites (tertiary alicyclic amines) is 1. The fourth-order valence-electron chi connectivity index (χ4n) is 3.77. The maximum absolute atomic E-state index is 12.9. The smallest absolute Gasteiger partial charge is 0.242 e. The standard InChI is InChI=1S/C22H26N4O3S/c1-16-12-20(24-29-16)23-21(27)15-30-19-13-26(18-9-5-4-8-17(18)19)14-22(28)25-10-6-2-3-7-11-25/h4-5,8-9,12-13H,2-3,6-7,10-11,14-15H2,1H3,(H,23,24,27). The molecule has 30 heavy (non-hydrogen) atoms. The summed E-state index contributed by atoms with van der Waals surface area (Å²) in [5.41, 5.74) is 1.01. The van der Waals surface area contributed by atoms with E-state index >= 15 is 0 Å². The minimum absolute atomic E-state index is 0.147. The van der Waals surface area contributed by atoms with Crippen LogP contribution in [-0.4, -0.2) is 45.3 Å². The number of thioether (sulfide) groups is 1. The lowest BCUT2D eigenvalue weighted by molar-refractivity contribution is -0.131. The lowest BCUT2D eigenvalue weighted by Gasteiger charge is -2.20. The van der Waals surface area contributed by atoms with Crippen LogP contribution in [0.25, 0.3) is 10.9 Å². The molecule has 3 aromatic rings. The summed E-state index contributed by atoms with van der Waals surface area (Å²) >= 11 is 1.45. The van der Waals surface area contributed by atoms with Crippen LogP contribution in [0.4, 0.5) is 5.82 Å². The van der Waals surface area contributed by atoms with Crippen molar-refractivity contribution in [3.63, 3.8) is 0 Å². The maximum atomic E-state index is 12.9. The second kappa shape index (κ2) is 9.38. The third-order valence-corrected chi connectivity index (χ3v) is 6.31. The van der Waals surface area contributed by atoms with Crippen molar-refractivity contribution < 1.29 is 14.1 Å². The Kier molecular flexibility index (Phi) is 6.42. The molecule has 0 aliphatic carbocycles. The van der Waals surface area contributed by atoms with E-state index in [0.717, 1.165) is 41.7 Å². The molecule has 0 bridgehead atoms. The first-order valence-corrected chi connectivity index (χ1v) is 11.3. The average molecular weight is 427 g/mol. The topological polar surface area (TPSA) is 80.4 Å². The number of hydrogen-bond acceptors (Lipinski definition) is 5. The molecule has 0 atom stereocenters. The molecule has 1 aliphatic heterocycles. The van der Waals surface area contributed by atoms with E-state index in [-0.39, 0.29) is 17.6 Å². The minimum atomic E-state index is -0.147. The zero-order valence-electron chi connectivity index (χ0n) is 17.1. The van der Waals surface area contributed by atoms with E-state index in [1.165, 1.54) is 24.6 Å². The summed E-state index contributed by atoms with van der Waals surface area (Å²) in [5.74, 6) is 1.33. The zero-order valence-corrected chi connectivity index (χ0v) is 17.9. The van der Waals surface area contributed by atoms with Crippen molar-refractivity contribution in [2.45, 2.75) is 44.0 Å². The van der Waals surface area contributed by atoms with Crippen molar-refractivity contribution in [3.05, 3.63) is 42.3 Å². The average Bonchev–Trinajstić information content (AvgIpc) is 3.17. The number of para-hydroxylation sites is 1. The number of aryl methyl sites for hydroxylation is 1. The Hall–Kier alpha value is -2.74. The number of hydrogen-bond donors (Lipinski definition) is 1. The van der Waals surface area contributed by atoms with Crippen molar-refractivity contribution in [1.82, 2.24) is 14.6 Å². The van der Waals surface area contributed by atoms with Crippen LogP contribution in [-0.2, 0) is 16.1 Å². The van der Waals surface area contributed by atoms with Gasteiger partial charge >= 0.3 is 0 Å². The number of nitrogens with zero attached hydrogens (tertiary/aromatic N) is 3. The highest BCUT2D eigenvalue weighted by Gasteiger charge is 2.18. The van der Waals surface area contributed by atoms with Crippen molar-refractivity contribution in [2.75, 3.05) is 24.2 Å². The van der Waals surface area contributed by atoms with Crippen molar-refractivity contribution in [3.8, 4) is 0 Å². The Balaban J connectivity index is 1.45. The molecule has 1 saturated heterocycles. The molecular formula is C22H26N4O3S. The molecule has 7 nitrogen and oxygen atoms in total. The second-order valence-corrected chi connectivity index (χ2v) is 8.61. The fraction of sp³-hybridized carbons (Fsp3) is 0.409. The molecule has 0 radical (unpaired) electrons. The third kappa shape index (κ3) is 4.87. The predicted octanol–water partition coefficient (Wildman–Crippen LogP) is 4.07. The van der Waals surface area contributed by atoms with Gasteiger partial charge in [0.2, 0.25) is 11.8 Å². The minimum Gasteiger partial charge on any atom is -0.360 e. The third-order valence-electron chi connectivity index (χ3n) is 5.27. The molecule has 8 heteroatoms. The van der Waals surface area contributed by atoms with Gasteiger partial charge in [0.1, 0.15) is 12.3 Å². The normalized spacial score (nSPS) is 14.6. The van der Waals surface area contributed by atoms with E-state index in [1.54, 1.807) is 13.0 Å². The van der Waals surface area contributed by atoms with Gasteiger partial charge in [0.05, 0.1) is 5.75 Å². The van der Waals surface area contributed by atoms with E-state index < -0.39 is 0 Å². The molecular weight excluding hydrogens is 400 g/mol.